The molecule has 1 atom stereocenters. The van der Waals surface area contributed by atoms with Gasteiger partial charge in [0, 0.05) is 5.69 Å². The molecule has 1 rings (SSSR count). The smallest absolute Gasteiger partial charge is 0.0804 e. The summed E-state index contributed by atoms with van der Waals surface area (Å²) in [5.74, 6) is 0.161. The Hall–Kier alpha value is -0.580. The van der Waals surface area contributed by atoms with Crippen LogP contribution in [-0.4, -0.2) is 21.7 Å². The van der Waals surface area contributed by atoms with E-state index < -0.39 is 10.8 Å². The molecule has 72 valence electrons. The van der Waals surface area contributed by atoms with Crippen LogP contribution < -0.4 is 5.73 Å². The van der Waals surface area contributed by atoms with Crippen LogP contribution >= 0.6 is 11.6 Å². The van der Waals surface area contributed by atoms with Gasteiger partial charge in [0.2, 0.25) is 0 Å². The van der Waals surface area contributed by atoms with Gasteiger partial charge >= 0.3 is 0 Å². The first-order valence-electron chi connectivity index (χ1n) is 3.70. The third-order valence-corrected chi connectivity index (χ3v) is 3.39. The van der Waals surface area contributed by atoms with E-state index >= 15 is 0 Å². The van der Waals surface area contributed by atoms with E-state index in [0.717, 1.165) is 0 Å². The van der Waals surface area contributed by atoms with E-state index in [9.17, 15) is 4.21 Å². The van der Waals surface area contributed by atoms with E-state index in [1.165, 1.54) is 0 Å². The fourth-order valence-electron chi connectivity index (χ4n) is 0.951. The Morgan fingerprint density at radius 3 is 2.77 bits per heavy atom. The van der Waals surface area contributed by atoms with Gasteiger partial charge in [-0.05, 0) is 12.1 Å². The summed E-state index contributed by atoms with van der Waals surface area (Å²) in [6, 6.07) is 4.95. The molecule has 0 heterocycles. The van der Waals surface area contributed by atoms with Gasteiger partial charge in [-0.2, -0.15) is 0 Å². The lowest BCUT2D eigenvalue weighted by atomic mass is 10.3. The van der Waals surface area contributed by atoms with Gasteiger partial charge in [0.15, 0.2) is 0 Å². The minimum Gasteiger partial charge on any atom is -0.398 e. The van der Waals surface area contributed by atoms with E-state index in [-0.39, 0.29) is 12.4 Å². The quantitative estimate of drug-likeness (QED) is 0.747. The molecule has 0 saturated heterocycles. The standard InChI is InChI=1S/C8H10ClNO2S/c9-6-2-1-3-7(10)8(6)13(12)5-4-11/h1-3,11H,4-5,10H2. The molecule has 0 bridgehead atoms. The zero-order valence-corrected chi connectivity index (χ0v) is 8.44. The van der Waals surface area contributed by atoms with Crippen molar-refractivity contribution in [3.8, 4) is 0 Å². The van der Waals surface area contributed by atoms with E-state index in [2.05, 4.69) is 0 Å². The highest BCUT2D eigenvalue weighted by atomic mass is 35.5. The lowest BCUT2D eigenvalue weighted by molar-refractivity contribution is 0.321. The van der Waals surface area contributed by atoms with E-state index in [1.54, 1.807) is 18.2 Å². The minimum absolute atomic E-state index is 0.142. The van der Waals surface area contributed by atoms with Crippen LogP contribution in [0.25, 0.3) is 0 Å². The lowest BCUT2D eigenvalue weighted by Crippen LogP contribution is -2.05. The third-order valence-electron chi connectivity index (χ3n) is 1.50. The molecule has 0 aromatic heterocycles. The zero-order chi connectivity index (χ0) is 9.84. The number of nitrogens with two attached hydrogens (primary N) is 1. The molecule has 1 unspecified atom stereocenters. The number of aliphatic hydroxyl groups is 1. The maximum absolute atomic E-state index is 11.5. The summed E-state index contributed by atoms with van der Waals surface area (Å²) < 4.78 is 11.5. The number of nitrogen functional groups attached to an aromatic ring is 1. The molecule has 1 aromatic carbocycles. The van der Waals surface area contributed by atoms with Crippen LogP contribution in [0.5, 0.6) is 0 Å². The first-order chi connectivity index (χ1) is 6.16. The van der Waals surface area contributed by atoms with Crippen LogP contribution in [0.4, 0.5) is 5.69 Å². The monoisotopic (exact) mass is 219 g/mol. The van der Waals surface area contributed by atoms with Crippen LogP contribution in [0.15, 0.2) is 23.1 Å². The first kappa shape index (κ1) is 10.5. The van der Waals surface area contributed by atoms with Gasteiger partial charge in [-0.1, -0.05) is 17.7 Å². The van der Waals surface area contributed by atoms with Gasteiger partial charge in [0.25, 0.3) is 0 Å². The summed E-state index contributed by atoms with van der Waals surface area (Å²) >= 11 is 5.81. The molecule has 0 fully saturated rings. The summed E-state index contributed by atoms with van der Waals surface area (Å²) in [6.45, 7) is -0.142. The summed E-state index contributed by atoms with van der Waals surface area (Å²) in [5.41, 5.74) is 6.00. The lowest BCUT2D eigenvalue weighted by Gasteiger charge is -2.05. The van der Waals surface area contributed by atoms with Gasteiger partial charge in [-0.3, -0.25) is 4.21 Å². The van der Waals surface area contributed by atoms with Gasteiger partial charge in [0.05, 0.1) is 33.1 Å². The number of benzene rings is 1. The molecule has 13 heavy (non-hydrogen) atoms. The normalized spacial score (nSPS) is 12.8. The summed E-state index contributed by atoms with van der Waals surface area (Å²) in [5, 5.41) is 8.98. The van der Waals surface area contributed by atoms with Crippen molar-refractivity contribution in [2.24, 2.45) is 0 Å². The van der Waals surface area contributed by atoms with E-state index in [1.807, 2.05) is 0 Å². The number of halogens is 1. The van der Waals surface area contributed by atoms with Crippen molar-refractivity contribution >= 4 is 28.1 Å². The second-order valence-corrected chi connectivity index (χ2v) is 4.35. The van der Waals surface area contributed by atoms with Crippen LogP contribution in [-0.2, 0) is 10.8 Å². The molecule has 0 aliphatic carbocycles. The molecule has 5 heteroatoms. The summed E-state index contributed by atoms with van der Waals surface area (Å²) in [7, 11) is -1.31. The third kappa shape index (κ3) is 2.43. The molecule has 0 aliphatic heterocycles. The number of aliphatic hydroxyl groups excluding tert-OH is 1. The average molecular weight is 220 g/mol. The Balaban J connectivity index is 3.05. The van der Waals surface area contributed by atoms with Crippen LogP contribution in [0.3, 0.4) is 0 Å². The molecular weight excluding hydrogens is 210 g/mol. The minimum atomic E-state index is -1.31. The van der Waals surface area contributed by atoms with E-state index in [4.69, 9.17) is 22.4 Å². The van der Waals surface area contributed by atoms with Crippen LogP contribution in [0.1, 0.15) is 0 Å². The Kier molecular flexibility index (Phi) is 3.71. The van der Waals surface area contributed by atoms with Gasteiger partial charge in [-0.25, -0.2) is 0 Å². The number of hydrogen-bond donors (Lipinski definition) is 2. The van der Waals surface area contributed by atoms with Crippen molar-refractivity contribution in [1.29, 1.82) is 0 Å². The van der Waals surface area contributed by atoms with Crippen LogP contribution in [0, 0.1) is 0 Å². The predicted molar refractivity (Wildman–Crippen MR) is 54.2 cm³/mol. The Morgan fingerprint density at radius 2 is 2.23 bits per heavy atom. The fourth-order valence-corrected chi connectivity index (χ4v) is 2.38. The molecule has 1 aromatic rings. The molecule has 0 amide bonds. The van der Waals surface area contributed by atoms with Crippen molar-refractivity contribution in [2.45, 2.75) is 4.90 Å². The molecule has 0 spiro atoms. The summed E-state index contributed by atoms with van der Waals surface area (Å²) in [6.07, 6.45) is 0. The number of rotatable bonds is 3. The molecule has 3 N–H and O–H groups in total. The highest BCUT2D eigenvalue weighted by Crippen LogP contribution is 2.25. The largest absolute Gasteiger partial charge is 0.398 e. The molecular formula is C8H10ClNO2S. The highest BCUT2D eigenvalue weighted by molar-refractivity contribution is 7.85. The summed E-state index contributed by atoms with van der Waals surface area (Å²) in [4.78, 5) is 0.415. The van der Waals surface area contributed by atoms with Crippen molar-refractivity contribution in [3.63, 3.8) is 0 Å². The van der Waals surface area contributed by atoms with Gasteiger partial charge in [0.1, 0.15) is 0 Å². The van der Waals surface area contributed by atoms with Crippen molar-refractivity contribution in [2.75, 3.05) is 18.1 Å². The van der Waals surface area contributed by atoms with Crippen molar-refractivity contribution in [1.82, 2.24) is 0 Å². The van der Waals surface area contributed by atoms with E-state index in [0.29, 0.717) is 15.6 Å². The number of anilines is 1. The SMILES string of the molecule is Nc1cccc(Cl)c1S(=O)CCO. The highest BCUT2D eigenvalue weighted by Gasteiger charge is 2.11. The fraction of sp³-hybridized carbons (Fsp3) is 0.250. The average Bonchev–Trinajstić information content (AvgIpc) is 2.04. The first-order valence-corrected chi connectivity index (χ1v) is 5.39. The van der Waals surface area contributed by atoms with Crippen molar-refractivity contribution in [3.05, 3.63) is 23.2 Å². The zero-order valence-electron chi connectivity index (χ0n) is 6.87. The Labute approximate surface area is 84.0 Å². The molecule has 0 aliphatic rings. The Bertz CT molecular complexity index is 310. The van der Waals surface area contributed by atoms with Crippen LogP contribution in [0.2, 0.25) is 5.02 Å². The van der Waals surface area contributed by atoms with Crippen molar-refractivity contribution < 1.29 is 9.32 Å². The molecule has 0 saturated carbocycles. The Morgan fingerprint density at radius 1 is 1.54 bits per heavy atom. The topological polar surface area (TPSA) is 63.3 Å². The predicted octanol–water partition coefficient (Wildman–Crippen LogP) is 1.02. The molecule has 3 nitrogen and oxygen atoms in total. The van der Waals surface area contributed by atoms with Gasteiger partial charge < -0.3 is 10.8 Å². The van der Waals surface area contributed by atoms with Gasteiger partial charge in [-0.15, -0.1) is 0 Å². The number of hydrogen-bond acceptors (Lipinski definition) is 3. The maximum Gasteiger partial charge on any atom is 0.0804 e. The molecule has 0 radical (unpaired) electrons. The second-order valence-electron chi connectivity index (χ2n) is 2.43. The maximum atomic E-state index is 11.5. The second kappa shape index (κ2) is 4.60.